The largest absolute Gasteiger partial charge is 0.497 e. The summed E-state index contributed by atoms with van der Waals surface area (Å²) in [4.78, 5) is 2.44. The van der Waals surface area contributed by atoms with Crippen LogP contribution < -0.4 is 4.74 Å². The third-order valence-corrected chi connectivity index (χ3v) is 4.22. The average Bonchev–Trinajstić information content (AvgIpc) is 3.20. The Labute approximate surface area is 137 Å². The summed E-state index contributed by atoms with van der Waals surface area (Å²) in [6.45, 7) is 3.65. The number of hydrogen-bond acceptors (Lipinski definition) is 4. The highest BCUT2D eigenvalue weighted by Gasteiger charge is 2.20. The van der Waals surface area contributed by atoms with Crippen molar-refractivity contribution in [2.45, 2.75) is 32.0 Å². The molecule has 0 spiro atoms. The van der Waals surface area contributed by atoms with Crippen LogP contribution >= 0.6 is 0 Å². The summed E-state index contributed by atoms with van der Waals surface area (Å²) < 4.78 is 12.9. The van der Waals surface area contributed by atoms with Crippen LogP contribution in [0.2, 0.25) is 0 Å². The van der Waals surface area contributed by atoms with E-state index >= 15 is 0 Å². The van der Waals surface area contributed by atoms with Gasteiger partial charge < -0.3 is 9.47 Å². The van der Waals surface area contributed by atoms with Crippen molar-refractivity contribution in [2.24, 2.45) is 7.05 Å². The molecule has 0 bridgehead atoms. The Morgan fingerprint density at radius 1 is 1.26 bits per heavy atom. The number of benzene rings is 1. The van der Waals surface area contributed by atoms with Crippen molar-refractivity contribution in [3.63, 3.8) is 0 Å². The van der Waals surface area contributed by atoms with E-state index in [-0.39, 0.29) is 0 Å². The maximum Gasteiger partial charge on any atom is 0.118 e. The highest BCUT2D eigenvalue weighted by molar-refractivity contribution is 5.27. The number of ether oxygens (including phenoxy) is 2. The first-order valence-corrected chi connectivity index (χ1v) is 8.17. The smallest absolute Gasteiger partial charge is 0.118 e. The van der Waals surface area contributed by atoms with Crippen LogP contribution in [0.1, 0.15) is 24.0 Å². The Hall–Kier alpha value is -1.85. The Balaban J connectivity index is 1.67. The first-order valence-electron chi connectivity index (χ1n) is 8.17. The van der Waals surface area contributed by atoms with Gasteiger partial charge in [0, 0.05) is 45.0 Å². The molecule has 0 radical (unpaired) electrons. The summed E-state index contributed by atoms with van der Waals surface area (Å²) in [6.07, 6.45) is 6.71. The molecular formula is C18H25N3O2. The monoisotopic (exact) mass is 315 g/mol. The number of nitrogens with zero attached hydrogens (tertiary/aromatic N) is 3. The van der Waals surface area contributed by atoms with Gasteiger partial charge in [-0.05, 0) is 30.5 Å². The molecule has 3 rings (SSSR count). The van der Waals surface area contributed by atoms with Gasteiger partial charge in [-0.3, -0.25) is 9.58 Å². The molecule has 1 aliphatic rings. The molecule has 2 heterocycles. The first-order chi connectivity index (χ1) is 11.2. The van der Waals surface area contributed by atoms with E-state index in [9.17, 15) is 0 Å². The molecule has 1 aromatic heterocycles. The van der Waals surface area contributed by atoms with E-state index < -0.39 is 0 Å². The molecule has 1 fully saturated rings. The van der Waals surface area contributed by atoms with Gasteiger partial charge >= 0.3 is 0 Å². The molecule has 0 N–H and O–H groups in total. The summed E-state index contributed by atoms with van der Waals surface area (Å²) >= 11 is 0. The predicted molar refractivity (Wildman–Crippen MR) is 89.3 cm³/mol. The minimum Gasteiger partial charge on any atom is -0.497 e. The summed E-state index contributed by atoms with van der Waals surface area (Å²) in [7, 11) is 3.65. The topological polar surface area (TPSA) is 39.5 Å². The van der Waals surface area contributed by atoms with Crippen molar-refractivity contribution in [1.82, 2.24) is 14.7 Å². The van der Waals surface area contributed by atoms with Gasteiger partial charge in [0.05, 0.1) is 19.4 Å². The number of methoxy groups -OCH3 is 1. The van der Waals surface area contributed by atoms with E-state index in [1.165, 1.54) is 17.5 Å². The molecule has 0 saturated carbocycles. The van der Waals surface area contributed by atoms with Crippen LogP contribution in [-0.2, 0) is 24.9 Å². The molecule has 0 aliphatic carbocycles. The highest BCUT2D eigenvalue weighted by atomic mass is 16.5. The Morgan fingerprint density at radius 3 is 2.65 bits per heavy atom. The number of aryl methyl sites for hydroxylation is 1. The van der Waals surface area contributed by atoms with Crippen molar-refractivity contribution in [3.05, 3.63) is 47.8 Å². The second kappa shape index (κ2) is 7.62. The van der Waals surface area contributed by atoms with Gasteiger partial charge in [-0.15, -0.1) is 0 Å². The molecule has 23 heavy (non-hydrogen) atoms. The molecule has 1 aliphatic heterocycles. The quantitative estimate of drug-likeness (QED) is 0.787. The predicted octanol–water partition coefficient (Wildman–Crippen LogP) is 2.61. The lowest BCUT2D eigenvalue weighted by Crippen LogP contribution is -2.31. The fourth-order valence-electron chi connectivity index (χ4n) is 3.06. The molecule has 124 valence electrons. The molecule has 5 heteroatoms. The van der Waals surface area contributed by atoms with Crippen molar-refractivity contribution in [3.8, 4) is 5.75 Å². The molecule has 1 saturated heterocycles. The fourth-order valence-corrected chi connectivity index (χ4v) is 3.06. The molecule has 5 nitrogen and oxygen atoms in total. The standard InChI is InChI=1S/C18H25N3O2/c1-20-11-16(10-19-20)13-21(14-18-4-3-9-23-18)12-15-5-7-17(22-2)8-6-15/h5-8,10-11,18H,3-4,9,12-14H2,1-2H3. The SMILES string of the molecule is COc1ccc(CN(Cc2cnn(C)c2)CC2CCCO2)cc1. The minimum atomic E-state index is 0.352. The van der Waals surface area contributed by atoms with E-state index in [0.29, 0.717) is 6.10 Å². The third kappa shape index (κ3) is 4.56. The number of hydrogen-bond donors (Lipinski definition) is 0. The van der Waals surface area contributed by atoms with Crippen molar-refractivity contribution >= 4 is 0 Å². The van der Waals surface area contributed by atoms with E-state index in [1.807, 2.05) is 30.1 Å². The number of aromatic nitrogens is 2. The molecule has 1 aromatic carbocycles. The van der Waals surface area contributed by atoms with Crippen LogP contribution in [0.25, 0.3) is 0 Å². The second-order valence-corrected chi connectivity index (χ2v) is 6.17. The van der Waals surface area contributed by atoms with Crippen molar-refractivity contribution < 1.29 is 9.47 Å². The van der Waals surface area contributed by atoms with Crippen LogP contribution in [0, 0.1) is 0 Å². The summed E-state index contributed by atoms with van der Waals surface area (Å²) in [6, 6.07) is 8.29. The Morgan fingerprint density at radius 2 is 2.04 bits per heavy atom. The zero-order valence-electron chi connectivity index (χ0n) is 13.9. The van der Waals surface area contributed by atoms with Crippen molar-refractivity contribution in [1.29, 1.82) is 0 Å². The van der Waals surface area contributed by atoms with Crippen LogP contribution in [0.4, 0.5) is 0 Å². The Kier molecular flexibility index (Phi) is 5.31. The van der Waals surface area contributed by atoms with Gasteiger partial charge in [0.15, 0.2) is 0 Å². The second-order valence-electron chi connectivity index (χ2n) is 6.17. The zero-order valence-corrected chi connectivity index (χ0v) is 13.9. The van der Waals surface area contributed by atoms with Crippen LogP contribution in [0.15, 0.2) is 36.7 Å². The van der Waals surface area contributed by atoms with E-state index in [4.69, 9.17) is 9.47 Å². The molecule has 1 atom stereocenters. The summed E-state index contributed by atoms with van der Waals surface area (Å²) in [5.74, 6) is 0.895. The lowest BCUT2D eigenvalue weighted by atomic mass is 10.1. The van der Waals surface area contributed by atoms with Crippen LogP contribution in [-0.4, -0.2) is 41.0 Å². The molecule has 0 amide bonds. The zero-order chi connectivity index (χ0) is 16.1. The lowest BCUT2D eigenvalue weighted by molar-refractivity contribution is 0.0679. The molecular weight excluding hydrogens is 290 g/mol. The molecule has 1 unspecified atom stereocenters. The Bertz CT molecular complexity index is 603. The molecule has 2 aromatic rings. The van der Waals surface area contributed by atoms with Gasteiger partial charge in [-0.25, -0.2) is 0 Å². The maximum absolute atomic E-state index is 5.82. The van der Waals surface area contributed by atoms with Gasteiger partial charge in [-0.2, -0.15) is 5.10 Å². The van der Waals surface area contributed by atoms with Crippen LogP contribution in [0.5, 0.6) is 5.75 Å². The van der Waals surface area contributed by atoms with Gasteiger partial charge in [0.25, 0.3) is 0 Å². The summed E-state index contributed by atoms with van der Waals surface area (Å²) in [5, 5.41) is 4.27. The fraction of sp³-hybridized carbons (Fsp3) is 0.500. The van der Waals surface area contributed by atoms with Gasteiger partial charge in [0.2, 0.25) is 0 Å². The first kappa shape index (κ1) is 16.0. The normalized spacial score (nSPS) is 17.8. The summed E-state index contributed by atoms with van der Waals surface area (Å²) in [5.41, 5.74) is 2.52. The highest BCUT2D eigenvalue weighted by Crippen LogP contribution is 2.18. The third-order valence-electron chi connectivity index (χ3n) is 4.22. The van der Waals surface area contributed by atoms with Crippen LogP contribution in [0.3, 0.4) is 0 Å². The van der Waals surface area contributed by atoms with E-state index in [1.54, 1.807) is 7.11 Å². The van der Waals surface area contributed by atoms with Crippen molar-refractivity contribution in [2.75, 3.05) is 20.3 Å². The minimum absolute atomic E-state index is 0.352. The maximum atomic E-state index is 5.82. The number of rotatable bonds is 7. The van der Waals surface area contributed by atoms with E-state index in [0.717, 1.165) is 38.4 Å². The van der Waals surface area contributed by atoms with E-state index in [2.05, 4.69) is 28.3 Å². The van der Waals surface area contributed by atoms with Gasteiger partial charge in [0.1, 0.15) is 5.75 Å². The lowest BCUT2D eigenvalue weighted by Gasteiger charge is -2.25. The average molecular weight is 315 g/mol. The van der Waals surface area contributed by atoms with Gasteiger partial charge in [-0.1, -0.05) is 12.1 Å².